The molecule has 0 spiro atoms. The number of hydrogen-bond acceptors (Lipinski definition) is 7. The summed E-state index contributed by atoms with van der Waals surface area (Å²) in [5.74, 6) is -0.137. The highest BCUT2D eigenvalue weighted by molar-refractivity contribution is 7.15. The van der Waals surface area contributed by atoms with Gasteiger partial charge in [-0.25, -0.2) is 15.0 Å². The van der Waals surface area contributed by atoms with E-state index in [1.807, 2.05) is 13.0 Å². The van der Waals surface area contributed by atoms with Gasteiger partial charge in [0.2, 0.25) is 5.95 Å². The first-order valence-corrected chi connectivity index (χ1v) is 9.16. The van der Waals surface area contributed by atoms with Gasteiger partial charge in [0.1, 0.15) is 22.9 Å². The summed E-state index contributed by atoms with van der Waals surface area (Å²) in [5, 5.41) is 13.2. The lowest BCUT2D eigenvalue weighted by molar-refractivity contribution is -0.165. The molecule has 3 aromatic rings. The highest BCUT2D eigenvalue weighted by atomic mass is 32.1. The van der Waals surface area contributed by atoms with Gasteiger partial charge in [-0.05, 0) is 36.2 Å². The lowest BCUT2D eigenvalue weighted by atomic mass is 10.1. The summed E-state index contributed by atoms with van der Waals surface area (Å²) < 4.78 is 43.8. The Morgan fingerprint density at radius 1 is 1.25 bits per heavy atom. The van der Waals surface area contributed by atoms with Gasteiger partial charge in [0.25, 0.3) is 0 Å². The van der Waals surface area contributed by atoms with Crippen molar-refractivity contribution in [3.8, 4) is 10.4 Å². The summed E-state index contributed by atoms with van der Waals surface area (Å²) in [5.41, 5.74) is 1.29. The number of hydrogen-bond donors (Lipinski definition) is 2. The van der Waals surface area contributed by atoms with Gasteiger partial charge in [0, 0.05) is 18.1 Å². The van der Waals surface area contributed by atoms with E-state index in [-0.39, 0.29) is 5.95 Å². The maximum absolute atomic E-state index is 12.8. The first-order valence-electron chi connectivity index (χ1n) is 8.34. The number of nitrogens with zero attached hydrogens (tertiary/aromatic N) is 3. The molecule has 2 N–H and O–H groups in total. The van der Waals surface area contributed by atoms with Crippen molar-refractivity contribution >= 4 is 23.0 Å². The van der Waals surface area contributed by atoms with E-state index < -0.39 is 24.1 Å². The molecule has 0 bridgehead atoms. The molecule has 1 saturated heterocycles. The quantitative estimate of drug-likeness (QED) is 0.677. The molecule has 10 heteroatoms. The van der Waals surface area contributed by atoms with Gasteiger partial charge < -0.3 is 15.2 Å². The maximum atomic E-state index is 12.8. The Labute approximate surface area is 162 Å². The second-order valence-electron chi connectivity index (χ2n) is 6.36. The van der Waals surface area contributed by atoms with Crippen molar-refractivity contribution in [1.29, 1.82) is 0 Å². The van der Waals surface area contributed by atoms with Crippen LogP contribution in [0.25, 0.3) is 10.4 Å². The van der Waals surface area contributed by atoms with Crippen LogP contribution in [0.3, 0.4) is 0 Å². The number of thiazole rings is 1. The summed E-state index contributed by atoms with van der Waals surface area (Å²) in [6.45, 7) is 2.18. The summed E-state index contributed by atoms with van der Waals surface area (Å²) in [4.78, 5) is 12.5. The first kappa shape index (κ1) is 18.8. The van der Waals surface area contributed by atoms with Gasteiger partial charge in [-0.15, -0.1) is 11.3 Å². The molecule has 3 heterocycles. The number of ether oxygens (including phenoxy) is 1. The minimum Gasteiger partial charge on any atom is -0.388 e. The lowest BCUT2D eigenvalue weighted by Crippen LogP contribution is -2.37. The van der Waals surface area contributed by atoms with Crippen LogP contribution in [0.4, 0.5) is 24.8 Å². The number of aliphatic hydroxyl groups excluding tert-OH is 1. The SMILES string of the molecule is Cc1cc(Nc2nccc(C(F)(F)F)n2)cc(-c2cnc(C3OCC3O)s2)c1. The minimum atomic E-state index is -4.54. The third kappa shape index (κ3) is 3.84. The number of rotatable bonds is 4. The number of nitrogens with one attached hydrogen (secondary N) is 1. The van der Waals surface area contributed by atoms with E-state index in [1.165, 1.54) is 11.3 Å². The largest absolute Gasteiger partial charge is 0.433 e. The van der Waals surface area contributed by atoms with Gasteiger partial charge in [-0.1, -0.05) is 6.07 Å². The Bertz CT molecular complexity index is 1010. The van der Waals surface area contributed by atoms with Crippen LogP contribution >= 0.6 is 11.3 Å². The van der Waals surface area contributed by atoms with Crippen LogP contribution in [0.2, 0.25) is 0 Å². The molecule has 0 radical (unpaired) electrons. The maximum Gasteiger partial charge on any atom is 0.433 e. The fraction of sp³-hybridized carbons (Fsp3) is 0.278. The predicted octanol–water partition coefficient (Wildman–Crippen LogP) is 4.10. The van der Waals surface area contributed by atoms with E-state index >= 15 is 0 Å². The zero-order valence-electron chi connectivity index (χ0n) is 14.6. The molecule has 2 atom stereocenters. The van der Waals surface area contributed by atoms with Crippen molar-refractivity contribution in [2.24, 2.45) is 0 Å². The van der Waals surface area contributed by atoms with Crippen LogP contribution in [-0.4, -0.2) is 32.8 Å². The second-order valence-corrected chi connectivity index (χ2v) is 7.42. The number of alkyl halides is 3. The minimum absolute atomic E-state index is 0.137. The molecule has 2 unspecified atom stereocenters. The Morgan fingerprint density at radius 2 is 2.07 bits per heavy atom. The summed E-state index contributed by atoms with van der Waals surface area (Å²) >= 11 is 1.40. The van der Waals surface area contributed by atoms with Crippen molar-refractivity contribution in [3.63, 3.8) is 0 Å². The Hall–Kier alpha value is -2.56. The summed E-state index contributed by atoms with van der Waals surface area (Å²) in [6.07, 6.45) is -2.74. The number of aliphatic hydroxyl groups is 1. The van der Waals surface area contributed by atoms with Crippen LogP contribution < -0.4 is 5.32 Å². The molecule has 0 aliphatic carbocycles. The van der Waals surface area contributed by atoms with Crippen LogP contribution in [0.15, 0.2) is 36.7 Å². The Morgan fingerprint density at radius 3 is 2.75 bits per heavy atom. The molecule has 2 aromatic heterocycles. The molecular weight excluding hydrogens is 393 g/mol. The number of aromatic nitrogens is 3. The number of aryl methyl sites for hydroxylation is 1. The van der Waals surface area contributed by atoms with E-state index in [0.29, 0.717) is 17.3 Å². The van der Waals surface area contributed by atoms with E-state index in [9.17, 15) is 18.3 Å². The van der Waals surface area contributed by atoms with Crippen LogP contribution in [0.1, 0.15) is 22.4 Å². The molecular formula is C18H15F3N4O2S. The highest BCUT2D eigenvalue weighted by Crippen LogP contribution is 2.37. The molecule has 6 nitrogen and oxygen atoms in total. The van der Waals surface area contributed by atoms with Crippen molar-refractivity contribution < 1.29 is 23.0 Å². The average molecular weight is 408 g/mol. The molecule has 4 rings (SSSR count). The fourth-order valence-corrected chi connectivity index (χ4v) is 3.78. The van der Waals surface area contributed by atoms with Gasteiger partial charge in [-0.3, -0.25) is 0 Å². The third-order valence-corrected chi connectivity index (χ3v) is 5.23. The Kier molecular flexibility index (Phi) is 4.77. The molecule has 0 saturated carbocycles. The number of benzene rings is 1. The van der Waals surface area contributed by atoms with Gasteiger partial charge in [-0.2, -0.15) is 13.2 Å². The predicted molar refractivity (Wildman–Crippen MR) is 97.3 cm³/mol. The van der Waals surface area contributed by atoms with Gasteiger partial charge in [0.15, 0.2) is 0 Å². The molecule has 1 fully saturated rings. The van der Waals surface area contributed by atoms with Crippen molar-refractivity contribution in [2.75, 3.05) is 11.9 Å². The molecule has 28 heavy (non-hydrogen) atoms. The zero-order valence-corrected chi connectivity index (χ0v) is 15.4. The first-order chi connectivity index (χ1) is 13.3. The normalized spacial score (nSPS) is 19.3. The lowest BCUT2D eigenvalue weighted by Gasteiger charge is -2.30. The standard InChI is InChI=1S/C18H15F3N4O2S/c1-9-4-10(13-7-23-16(28-13)15-12(26)8-27-15)6-11(5-9)24-17-22-3-2-14(25-17)18(19,20)21/h2-7,12,15,26H,8H2,1H3,(H,22,24,25). The molecule has 1 aromatic carbocycles. The molecule has 1 aliphatic heterocycles. The van der Waals surface area contributed by atoms with Crippen LogP contribution in [0.5, 0.6) is 0 Å². The molecule has 146 valence electrons. The van der Waals surface area contributed by atoms with E-state index in [4.69, 9.17) is 4.74 Å². The molecule has 1 aliphatic rings. The van der Waals surface area contributed by atoms with E-state index in [0.717, 1.165) is 28.3 Å². The molecule has 0 amide bonds. The van der Waals surface area contributed by atoms with Gasteiger partial charge >= 0.3 is 6.18 Å². The summed E-state index contributed by atoms with van der Waals surface area (Å²) in [6, 6.07) is 6.33. The smallest absolute Gasteiger partial charge is 0.388 e. The third-order valence-electron chi connectivity index (χ3n) is 4.13. The topological polar surface area (TPSA) is 80.2 Å². The van der Waals surface area contributed by atoms with E-state index in [1.54, 1.807) is 18.3 Å². The highest BCUT2D eigenvalue weighted by Gasteiger charge is 2.34. The fourth-order valence-electron chi connectivity index (χ4n) is 2.77. The number of halogens is 3. The van der Waals surface area contributed by atoms with Crippen LogP contribution in [0, 0.1) is 6.92 Å². The van der Waals surface area contributed by atoms with Crippen molar-refractivity contribution in [1.82, 2.24) is 15.0 Å². The Balaban J connectivity index is 1.60. The van der Waals surface area contributed by atoms with Gasteiger partial charge in [0.05, 0.1) is 11.5 Å². The zero-order chi connectivity index (χ0) is 19.9. The monoisotopic (exact) mass is 408 g/mol. The van der Waals surface area contributed by atoms with Crippen molar-refractivity contribution in [2.45, 2.75) is 25.3 Å². The average Bonchev–Trinajstić information content (AvgIpc) is 3.09. The van der Waals surface area contributed by atoms with Crippen LogP contribution in [-0.2, 0) is 10.9 Å². The van der Waals surface area contributed by atoms with Crippen molar-refractivity contribution in [3.05, 3.63) is 52.9 Å². The summed E-state index contributed by atoms with van der Waals surface area (Å²) in [7, 11) is 0. The number of anilines is 2. The van der Waals surface area contributed by atoms with E-state index in [2.05, 4.69) is 20.3 Å². The second kappa shape index (κ2) is 7.12.